The summed E-state index contributed by atoms with van der Waals surface area (Å²) in [4.78, 5) is 23.2. The van der Waals surface area contributed by atoms with Gasteiger partial charge in [0.05, 0.1) is 6.54 Å². The summed E-state index contributed by atoms with van der Waals surface area (Å²) in [5.74, 6) is 1.44. The summed E-state index contributed by atoms with van der Waals surface area (Å²) in [7, 11) is 0. The number of hydrogen-bond donors (Lipinski definition) is 0. The Morgan fingerprint density at radius 1 is 1.22 bits per heavy atom. The van der Waals surface area contributed by atoms with E-state index in [1.807, 2.05) is 29.4 Å². The molecule has 0 spiro atoms. The number of aromatic nitrogens is 7. The van der Waals surface area contributed by atoms with Gasteiger partial charge in [0.25, 0.3) is 0 Å². The summed E-state index contributed by atoms with van der Waals surface area (Å²) in [6.45, 7) is 2.78. The molecule has 1 aliphatic rings. The van der Waals surface area contributed by atoms with Crippen LogP contribution >= 0.6 is 0 Å². The van der Waals surface area contributed by atoms with Crippen molar-refractivity contribution in [2.75, 3.05) is 13.1 Å². The molecule has 0 bridgehead atoms. The average Bonchev–Trinajstić information content (AvgIpc) is 3.39. The Labute approximate surface area is 157 Å². The second-order valence-corrected chi connectivity index (χ2v) is 6.77. The maximum absolute atomic E-state index is 12.6. The third-order valence-corrected chi connectivity index (χ3v) is 4.94. The molecule has 1 amide bonds. The molecule has 0 radical (unpaired) electrons. The van der Waals surface area contributed by atoms with E-state index in [1.54, 1.807) is 17.1 Å². The van der Waals surface area contributed by atoms with Crippen LogP contribution in [0.15, 0.2) is 43.2 Å². The SMILES string of the molecule is O=C(CCn1cnnn1)N1CCC[C@@H](c2nccn2Cc2ccncc2)C1. The molecule has 0 unspecified atom stereocenters. The fourth-order valence-corrected chi connectivity index (χ4v) is 3.56. The van der Waals surface area contributed by atoms with Crippen LogP contribution in [0.4, 0.5) is 0 Å². The fraction of sp³-hybridized carbons (Fsp3) is 0.444. The van der Waals surface area contributed by atoms with Gasteiger partial charge < -0.3 is 9.47 Å². The van der Waals surface area contributed by atoms with E-state index in [-0.39, 0.29) is 11.8 Å². The van der Waals surface area contributed by atoms with Gasteiger partial charge in [-0.15, -0.1) is 5.10 Å². The van der Waals surface area contributed by atoms with Crippen molar-refractivity contribution in [3.63, 3.8) is 0 Å². The zero-order chi connectivity index (χ0) is 18.5. The topological polar surface area (TPSA) is 94.6 Å². The molecule has 140 valence electrons. The van der Waals surface area contributed by atoms with Gasteiger partial charge in [0.1, 0.15) is 12.2 Å². The van der Waals surface area contributed by atoms with Crippen molar-refractivity contribution in [1.82, 2.24) is 39.6 Å². The molecule has 0 aliphatic carbocycles. The largest absolute Gasteiger partial charge is 0.342 e. The Morgan fingerprint density at radius 2 is 2.11 bits per heavy atom. The first kappa shape index (κ1) is 17.3. The summed E-state index contributed by atoms with van der Waals surface area (Å²) in [5.41, 5.74) is 1.19. The lowest BCUT2D eigenvalue weighted by molar-refractivity contribution is -0.132. The Morgan fingerprint density at radius 3 is 2.93 bits per heavy atom. The molecule has 4 rings (SSSR count). The monoisotopic (exact) mass is 366 g/mol. The minimum absolute atomic E-state index is 0.141. The van der Waals surface area contributed by atoms with Gasteiger partial charge in [-0.1, -0.05) is 0 Å². The van der Waals surface area contributed by atoms with Gasteiger partial charge in [0.2, 0.25) is 5.91 Å². The van der Waals surface area contributed by atoms with Gasteiger partial charge >= 0.3 is 0 Å². The Kier molecular flexibility index (Phi) is 5.17. The van der Waals surface area contributed by atoms with E-state index in [0.29, 0.717) is 19.5 Å². The van der Waals surface area contributed by atoms with Crippen LogP contribution in [-0.2, 0) is 17.9 Å². The van der Waals surface area contributed by atoms with Crippen molar-refractivity contribution in [2.24, 2.45) is 0 Å². The molecule has 0 N–H and O–H groups in total. The van der Waals surface area contributed by atoms with E-state index in [2.05, 4.69) is 30.1 Å². The normalized spacial score (nSPS) is 17.2. The van der Waals surface area contributed by atoms with Crippen LogP contribution in [0.5, 0.6) is 0 Å². The number of amides is 1. The highest BCUT2D eigenvalue weighted by molar-refractivity contribution is 5.76. The summed E-state index contributed by atoms with van der Waals surface area (Å²) in [6, 6.07) is 4.03. The molecule has 1 saturated heterocycles. The first-order chi connectivity index (χ1) is 13.3. The highest BCUT2D eigenvalue weighted by Gasteiger charge is 2.27. The quantitative estimate of drug-likeness (QED) is 0.649. The van der Waals surface area contributed by atoms with E-state index >= 15 is 0 Å². The third kappa shape index (κ3) is 4.18. The van der Waals surface area contributed by atoms with Crippen LogP contribution < -0.4 is 0 Å². The molecule has 3 aromatic heterocycles. The van der Waals surface area contributed by atoms with Crippen molar-refractivity contribution < 1.29 is 4.79 Å². The van der Waals surface area contributed by atoms with E-state index < -0.39 is 0 Å². The minimum atomic E-state index is 0.141. The molecule has 0 aromatic carbocycles. The molecule has 1 aliphatic heterocycles. The van der Waals surface area contributed by atoms with E-state index in [9.17, 15) is 4.79 Å². The van der Waals surface area contributed by atoms with Gasteiger partial charge in [-0.2, -0.15) is 0 Å². The number of rotatable bonds is 6. The second kappa shape index (κ2) is 8.07. The van der Waals surface area contributed by atoms with Crippen molar-refractivity contribution in [3.8, 4) is 0 Å². The van der Waals surface area contributed by atoms with Crippen molar-refractivity contribution >= 4 is 5.91 Å². The number of carbonyl (C=O) groups excluding carboxylic acids is 1. The predicted molar refractivity (Wildman–Crippen MR) is 96.6 cm³/mol. The predicted octanol–water partition coefficient (Wildman–Crippen LogP) is 1.11. The lowest BCUT2D eigenvalue weighted by Gasteiger charge is -2.32. The van der Waals surface area contributed by atoms with Gasteiger partial charge in [-0.25, -0.2) is 9.67 Å². The molecule has 9 nitrogen and oxygen atoms in total. The molecular formula is C18H22N8O. The van der Waals surface area contributed by atoms with Crippen molar-refractivity contribution in [2.45, 2.75) is 38.3 Å². The number of imidazole rings is 1. The number of carbonyl (C=O) groups is 1. The summed E-state index contributed by atoms with van der Waals surface area (Å²) >= 11 is 0. The van der Waals surface area contributed by atoms with Gasteiger partial charge in [-0.3, -0.25) is 9.78 Å². The van der Waals surface area contributed by atoms with E-state index in [0.717, 1.165) is 31.8 Å². The maximum atomic E-state index is 12.6. The van der Waals surface area contributed by atoms with Gasteiger partial charge in [-0.05, 0) is 41.0 Å². The lowest BCUT2D eigenvalue weighted by Crippen LogP contribution is -2.40. The molecule has 1 fully saturated rings. The number of aryl methyl sites for hydroxylation is 1. The number of likely N-dealkylation sites (tertiary alicyclic amines) is 1. The molecule has 1 atom stereocenters. The van der Waals surface area contributed by atoms with Crippen LogP contribution in [-0.4, -0.2) is 58.6 Å². The van der Waals surface area contributed by atoms with Crippen LogP contribution in [0.1, 0.15) is 36.6 Å². The number of nitrogens with zero attached hydrogens (tertiary/aromatic N) is 8. The molecule has 3 aromatic rings. The molecular weight excluding hydrogens is 344 g/mol. The lowest BCUT2D eigenvalue weighted by atomic mass is 9.96. The fourth-order valence-electron chi connectivity index (χ4n) is 3.56. The number of hydrogen-bond acceptors (Lipinski definition) is 6. The van der Waals surface area contributed by atoms with Gasteiger partial charge in [0, 0.05) is 56.8 Å². The van der Waals surface area contributed by atoms with Crippen molar-refractivity contribution in [1.29, 1.82) is 0 Å². The maximum Gasteiger partial charge on any atom is 0.224 e. The third-order valence-electron chi connectivity index (χ3n) is 4.94. The van der Waals surface area contributed by atoms with Crippen LogP contribution in [0.3, 0.4) is 0 Å². The zero-order valence-electron chi connectivity index (χ0n) is 15.1. The standard InChI is InChI=1S/C18H22N8O/c27-17(5-10-26-14-21-22-23-26)24-9-1-2-16(13-24)18-20-8-11-25(18)12-15-3-6-19-7-4-15/h3-4,6-8,11,14,16H,1-2,5,9-10,12-13H2/t16-/m1/s1. The highest BCUT2D eigenvalue weighted by Crippen LogP contribution is 2.26. The molecule has 9 heteroatoms. The van der Waals surface area contributed by atoms with Crippen molar-refractivity contribution in [3.05, 3.63) is 54.6 Å². The summed E-state index contributed by atoms with van der Waals surface area (Å²) < 4.78 is 3.76. The van der Waals surface area contributed by atoms with Crippen LogP contribution in [0, 0.1) is 0 Å². The molecule has 4 heterocycles. The second-order valence-electron chi connectivity index (χ2n) is 6.77. The summed E-state index contributed by atoms with van der Waals surface area (Å²) in [5, 5.41) is 11.0. The minimum Gasteiger partial charge on any atom is -0.342 e. The number of piperidine rings is 1. The van der Waals surface area contributed by atoms with Crippen LogP contribution in [0.25, 0.3) is 0 Å². The zero-order valence-corrected chi connectivity index (χ0v) is 15.1. The summed E-state index contributed by atoms with van der Waals surface area (Å²) in [6.07, 6.45) is 11.4. The Balaban J connectivity index is 1.40. The smallest absolute Gasteiger partial charge is 0.224 e. The Bertz CT molecular complexity index is 861. The molecule has 27 heavy (non-hydrogen) atoms. The van der Waals surface area contributed by atoms with E-state index in [4.69, 9.17) is 0 Å². The van der Waals surface area contributed by atoms with E-state index in [1.165, 1.54) is 11.9 Å². The average molecular weight is 366 g/mol. The first-order valence-corrected chi connectivity index (χ1v) is 9.18. The number of tetrazole rings is 1. The Hall–Kier alpha value is -3.10. The molecule has 0 saturated carbocycles. The number of pyridine rings is 1. The first-order valence-electron chi connectivity index (χ1n) is 9.18. The van der Waals surface area contributed by atoms with Gasteiger partial charge in [0.15, 0.2) is 0 Å². The van der Waals surface area contributed by atoms with Crippen LogP contribution in [0.2, 0.25) is 0 Å². The highest BCUT2D eigenvalue weighted by atomic mass is 16.2.